The Labute approximate surface area is 158 Å². The molecule has 1 heterocycles. The lowest BCUT2D eigenvalue weighted by molar-refractivity contribution is -0.124. The van der Waals surface area contributed by atoms with Crippen molar-refractivity contribution in [3.05, 3.63) is 46.8 Å². The summed E-state index contributed by atoms with van der Waals surface area (Å²) in [7, 11) is 0. The van der Waals surface area contributed by atoms with Crippen molar-refractivity contribution in [2.45, 2.75) is 46.3 Å². The molecule has 27 heavy (non-hydrogen) atoms. The molecule has 0 spiro atoms. The van der Waals surface area contributed by atoms with E-state index < -0.39 is 5.97 Å². The second kappa shape index (κ2) is 8.24. The van der Waals surface area contributed by atoms with Gasteiger partial charge in [-0.05, 0) is 57.7 Å². The molecule has 7 nitrogen and oxygen atoms in total. The van der Waals surface area contributed by atoms with Gasteiger partial charge in [-0.2, -0.15) is 0 Å². The minimum Gasteiger partial charge on any atom is -0.489 e. The molecule has 144 valence electrons. The van der Waals surface area contributed by atoms with E-state index >= 15 is 0 Å². The Balaban J connectivity index is 1.51. The van der Waals surface area contributed by atoms with Crippen LogP contribution in [-0.4, -0.2) is 29.7 Å². The molecular formula is C20H24N2O5. The molecule has 3 rings (SSSR count). The maximum atomic E-state index is 12.2. The van der Waals surface area contributed by atoms with Crippen molar-refractivity contribution >= 4 is 11.9 Å². The minimum atomic E-state index is -0.563. The molecule has 0 radical (unpaired) electrons. The standard InChI is InChI=1S/C20H24N2O5/c1-12(15-7-8-15)21-19(23)11-26-20(24)16-5-4-6-17(9-16)25-10-18-13(2)22-27-14(18)3/h4-6,9,12,15H,7-8,10-11H2,1-3H3,(H,21,23)/t12-/m0/s1. The van der Waals surface area contributed by atoms with Gasteiger partial charge in [-0.25, -0.2) is 4.79 Å². The highest BCUT2D eigenvalue weighted by Crippen LogP contribution is 2.32. The summed E-state index contributed by atoms with van der Waals surface area (Å²) < 4.78 is 15.9. The number of nitrogens with one attached hydrogen (secondary N) is 1. The fraction of sp³-hybridized carbons (Fsp3) is 0.450. The zero-order chi connectivity index (χ0) is 19.4. The van der Waals surface area contributed by atoms with Crippen molar-refractivity contribution in [2.75, 3.05) is 6.61 Å². The Morgan fingerprint density at radius 2 is 2.11 bits per heavy atom. The zero-order valence-electron chi connectivity index (χ0n) is 15.8. The van der Waals surface area contributed by atoms with Gasteiger partial charge in [-0.3, -0.25) is 4.79 Å². The number of hydrogen-bond acceptors (Lipinski definition) is 6. The first-order valence-electron chi connectivity index (χ1n) is 9.05. The number of rotatable bonds is 8. The van der Waals surface area contributed by atoms with Crippen LogP contribution in [0.15, 0.2) is 28.8 Å². The maximum Gasteiger partial charge on any atom is 0.338 e. The van der Waals surface area contributed by atoms with E-state index in [9.17, 15) is 9.59 Å². The van der Waals surface area contributed by atoms with Crippen LogP contribution < -0.4 is 10.1 Å². The number of carbonyl (C=O) groups is 2. The zero-order valence-corrected chi connectivity index (χ0v) is 15.8. The van der Waals surface area contributed by atoms with E-state index in [0.29, 0.717) is 29.6 Å². The lowest BCUT2D eigenvalue weighted by atomic mass is 10.2. The molecule has 0 unspecified atom stereocenters. The number of benzene rings is 1. The van der Waals surface area contributed by atoms with Crippen LogP contribution >= 0.6 is 0 Å². The van der Waals surface area contributed by atoms with Crippen LogP contribution in [0.5, 0.6) is 5.75 Å². The predicted octanol–water partition coefficient (Wildman–Crippen LogP) is 2.94. The Morgan fingerprint density at radius 1 is 1.33 bits per heavy atom. The third kappa shape index (κ3) is 5.09. The van der Waals surface area contributed by atoms with Crippen LogP contribution in [-0.2, 0) is 16.1 Å². The highest BCUT2D eigenvalue weighted by molar-refractivity contribution is 5.91. The molecule has 1 fully saturated rings. The first kappa shape index (κ1) is 18.9. The van der Waals surface area contributed by atoms with Gasteiger partial charge in [0, 0.05) is 6.04 Å². The molecule has 1 atom stereocenters. The molecule has 1 aromatic heterocycles. The summed E-state index contributed by atoms with van der Waals surface area (Å²) in [5, 5.41) is 6.73. The van der Waals surface area contributed by atoms with Gasteiger partial charge in [0.05, 0.1) is 16.8 Å². The SMILES string of the molecule is Cc1noc(C)c1COc1cccc(C(=O)OCC(=O)N[C@@H](C)C2CC2)c1. The molecule has 1 aromatic carbocycles. The van der Waals surface area contributed by atoms with E-state index in [2.05, 4.69) is 10.5 Å². The van der Waals surface area contributed by atoms with Gasteiger partial charge >= 0.3 is 5.97 Å². The van der Waals surface area contributed by atoms with Crippen molar-refractivity contribution in [3.8, 4) is 5.75 Å². The van der Waals surface area contributed by atoms with Crippen molar-refractivity contribution < 1.29 is 23.6 Å². The Bertz CT molecular complexity index is 806. The van der Waals surface area contributed by atoms with E-state index in [1.807, 2.05) is 20.8 Å². The molecule has 1 saturated carbocycles. The largest absolute Gasteiger partial charge is 0.489 e. The molecule has 2 aromatic rings. The number of hydrogen-bond donors (Lipinski definition) is 1. The summed E-state index contributed by atoms with van der Waals surface area (Å²) in [6, 6.07) is 6.78. The number of nitrogens with zero attached hydrogens (tertiary/aromatic N) is 1. The van der Waals surface area contributed by atoms with Gasteiger partial charge in [0.15, 0.2) is 6.61 Å². The van der Waals surface area contributed by atoms with E-state index in [1.54, 1.807) is 24.3 Å². The van der Waals surface area contributed by atoms with Gasteiger partial charge in [0.1, 0.15) is 18.1 Å². The Kier molecular flexibility index (Phi) is 5.78. The van der Waals surface area contributed by atoms with E-state index in [4.69, 9.17) is 14.0 Å². The van der Waals surface area contributed by atoms with Crippen LogP contribution in [0, 0.1) is 19.8 Å². The van der Waals surface area contributed by atoms with Crippen LogP contribution in [0.3, 0.4) is 0 Å². The first-order valence-corrected chi connectivity index (χ1v) is 9.05. The number of ether oxygens (including phenoxy) is 2. The van der Waals surface area contributed by atoms with Gasteiger partial charge in [0.2, 0.25) is 0 Å². The molecule has 1 aliphatic carbocycles. The highest BCUT2D eigenvalue weighted by Gasteiger charge is 2.29. The highest BCUT2D eigenvalue weighted by atomic mass is 16.5. The number of aromatic nitrogens is 1. The van der Waals surface area contributed by atoms with Crippen LogP contribution in [0.25, 0.3) is 0 Å². The second-order valence-electron chi connectivity index (χ2n) is 6.89. The van der Waals surface area contributed by atoms with Crippen LogP contribution in [0.4, 0.5) is 0 Å². The fourth-order valence-electron chi connectivity index (χ4n) is 2.80. The van der Waals surface area contributed by atoms with Gasteiger partial charge in [-0.1, -0.05) is 11.2 Å². The second-order valence-corrected chi connectivity index (χ2v) is 6.89. The lowest BCUT2D eigenvalue weighted by Crippen LogP contribution is -2.37. The summed E-state index contributed by atoms with van der Waals surface area (Å²) >= 11 is 0. The summed E-state index contributed by atoms with van der Waals surface area (Å²) in [6.45, 7) is 5.64. The summed E-state index contributed by atoms with van der Waals surface area (Å²) in [5.74, 6) is 0.933. The molecule has 1 aliphatic rings. The van der Waals surface area contributed by atoms with Crippen molar-refractivity contribution in [3.63, 3.8) is 0 Å². The van der Waals surface area contributed by atoms with Gasteiger partial charge in [0.25, 0.3) is 5.91 Å². The predicted molar refractivity (Wildman–Crippen MR) is 97.4 cm³/mol. The lowest BCUT2D eigenvalue weighted by Gasteiger charge is -2.13. The number of esters is 1. The first-order chi connectivity index (χ1) is 12.9. The summed E-state index contributed by atoms with van der Waals surface area (Å²) in [6.07, 6.45) is 2.28. The Hall–Kier alpha value is -2.83. The molecule has 0 bridgehead atoms. The van der Waals surface area contributed by atoms with Crippen LogP contribution in [0.1, 0.15) is 47.1 Å². The third-order valence-corrected chi connectivity index (χ3v) is 4.69. The Morgan fingerprint density at radius 3 is 2.78 bits per heavy atom. The van der Waals surface area contributed by atoms with Crippen molar-refractivity contribution in [1.82, 2.24) is 10.5 Å². The van der Waals surface area contributed by atoms with Gasteiger partial charge < -0.3 is 19.3 Å². The third-order valence-electron chi connectivity index (χ3n) is 4.69. The van der Waals surface area contributed by atoms with E-state index in [1.165, 1.54) is 0 Å². The molecule has 1 amide bonds. The van der Waals surface area contributed by atoms with Crippen LogP contribution in [0.2, 0.25) is 0 Å². The number of aryl methyl sites for hydroxylation is 2. The number of carbonyl (C=O) groups excluding carboxylic acids is 2. The molecular weight excluding hydrogens is 348 g/mol. The normalized spacial score (nSPS) is 14.5. The number of amides is 1. The average Bonchev–Trinajstić information content (AvgIpc) is 3.45. The summed E-state index contributed by atoms with van der Waals surface area (Å²) in [5.41, 5.74) is 1.98. The van der Waals surface area contributed by atoms with E-state index in [-0.39, 0.29) is 18.6 Å². The minimum absolute atomic E-state index is 0.122. The topological polar surface area (TPSA) is 90.7 Å². The smallest absolute Gasteiger partial charge is 0.338 e. The summed E-state index contributed by atoms with van der Waals surface area (Å²) in [4.78, 5) is 24.0. The van der Waals surface area contributed by atoms with Crippen molar-refractivity contribution in [2.24, 2.45) is 5.92 Å². The van der Waals surface area contributed by atoms with Gasteiger partial charge in [-0.15, -0.1) is 0 Å². The van der Waals surface area contributed by atoms with Crippen molar-refractivity contribution in [1.29, 1.82) is 0 Å². The molecule has 0 saturated heterocycles. The quantitative estimate of drug-likeness (QED) is 0.717. The molecule has 7 heteroatoms. The molecule has 0 aliphatic heterocycles. The average molecular weight is 372 g/mol. The fourth-order valence-corrected chi connectivity index (χ4v) is 2.80. The monoisotopic (exact) mass is 372 g/mol. The van der Waals surface area contributed by atoms with E-state index in [0.717, 1.165) is 24.1 Å². The molecule has 1 N–H and O–H groups in total. The maximum absolute atomic E-state index is 12.2.